The second kappa shape index (κ2) is 6.62. The molecule has 0 aromatic carbocycles. The lowest BCUT2D eigenvalue weighted by molar-refractivity contribution is -0.0997. The Balaban J connectivity index is 0.000000463. The van der Waals surface area contributed by atoms with E-state index in [1.807, 2.05) is 0 Å². The fourth-order valence-electron chi connectivity index (χ4n) is 4.01. The third kappa shape index (κ3) is 5.37. The summed E-state index contributed by atoms with van der Waals surface area (Å²) in [4.78, 5) is 0. The molecular weight excluding hydrogens is 350 g/mol. The molecule has 1 N–H and O–H groups in total. The first-order chi connectivity index (χ1) is 10.1. The second-order valence-electron chi connectivity index (χ2n) is 6.55. The van der Waals surface area contributed by atoms with Crippen LogP contribution in [0.2, 0.25) is 0 Å². The van der Waals surface area contributed by atoms with Gasteiger partial charge in [-0.3, -0.25) is 4.55 Å². The van der Waals surface area contributed by atoms with Gasteiger partial charge in [-0.1, -0.05) is 17.7 Å². The summed E-state index contributed by atoms with van der Waals surface area (Å²) >= 11 is 0. The van der Waals surface area contributed by atoms with Crippen LogP contribution in [0, 0.1) is 23.2 Å². The maximum atomic E-state index is 12.5. The highest BCUT2D eigenvalue weighted by molar-refractivity contribution is 7.80. The summed E-state index contributed by atoms with van der Waals surface area (Å²) in [5, 5.41) is 0. The molecule has 2 bridgehead atoms. The maximum Gasteiger partial charge on any atom is 0.435 e. The summed E-state index contributed by atoms with van der Waals surface area (Å²) < 4.78 is 96.5. The van der Waals surface area contributed by atoms with Gasteiger partial charge in [0.1, 0.15) is 0 Å². The molecule has 0 heterocycles. The van der Waals surface area contributed by atoms with Crippen LogP contribution in [0.25, 0.3) is 0 Å². The average molecular weight is 368 g/mol. The SMILES string of the molecule is CC1(C)C2CCC1C(CC(=C(F)F)C(F)(F)F)C2.O=S(=O)(O)F. The molecule has 2 fully saturated rings. The summed E-state index contributed by atoms with van der Waals surface area (Å²) in [6.45, 7) is 4.11. The van der Waals surface area contributed by atoms with Crippen molar-refractivity contribution in [3.63, 3.8) is 0 Å². The Morgan fingerprint density at radius 3 is 1.96 bits per heavy atom. The molecule has 0 saturated heterocycles. The molecule has 0 aromatic heterocycles. The number of alkyl halides is 3. The van der Waals surface area contributed by atoms with Crippen LogP contribution >= 0.6 is 0 Å². The molecule has 3 unspecified atom stereocenters. The third-order valence-electron chi connectivity index (χ3n) is 5.03. The van der Waals surface area contributed by atoms with Gasteiger partial charge >= 0.3 is 16.7 Å². The number of rotatable bonds is 2. The minimum atomic E-state index is -5.17. The van der Waals surface area contributed by atoms with E-state index >= 15 is 0 Å². The number of fused-ring (bicyclic) bond motifs is 2. The van der Waals surface area contributed by atoms with Gasteiger partial charge in [0.2, 0.25) is 0 Å². The van der Waals surface area contributed by atoms with Gasteiger partial charge in [0, 0.05) is 0 Å². The molecule has 0 aliphatic heterocycles. The zero-order chi connectivity index (χ0) is 18.2. The van der Waals surface area contributed by atoms with Gasteiger partial charge in [-0.15, -0.1) is 0 Å². The van der Waals surface area contributed by atoms with Gasteiger partial charge in [0.25, 0.3) is 6.08 Å². The van der Waals surface area contributed by atoms with E-state index in [1.54, 1.807) is 0 Å². The molecule has 2 aliphatic rings. The molecule has 0 radical (unpaired) electrons. The molecule has 0 amide bonds. The Kier molecular flexibility index (Phi) is 5.83. The first kappa shape index (κ1) is 20.3. The van der Waals surface area contributed by atoms with Crippen LogP contribution in [0.3, 0.4) is 0 Å². The molecule has 2 saturated carbocycles. The summed E-state index contributed by atoms with van der Waals surface area (Å²) in [5.41, 5.74) is -1.61. The smallest absolute Gasteiger partial charge is 0.260 e. The Hall–Kier alpha value is -0.770. The van der Waals surface area contributed by atoms with E-state index in [4.69, 9.17) is 13.0 Å². The molecule has 0 aromatic rings. The normalized spacial score (nSPS) is 29.0. The minimum Gasteiger partial charge on any atom is -0.260 e. The number of halogens is 6. The van der Waals surface area contributed by atoms with E-state index in [1.165, 1.54) is 0 Å². The van der Waals surface area contributed by atoms with Crippen LogP contribution in [0.4, 0.5) is 25.8 Å². The molecule has 3 atom stereocenters. The van der Waals surface area contributed by atoms with E-state index in [9.17, 15) is 25.8 Å². The maximum absolute atomic E-state index is 12.5. The van der Waals surface area contributed by atoms with Crippen LogP contribution in [0.15, 0.2) is 11.7 Å². The van der Waals surface area contributed by atoms with Crippen molar-refractivity contribution in [1.29, 1.82) is 0 Å². The van der Waals surface area contributed by atoms with Gasteiger partial charge < -0.3 is 0 Å². The van der Waals surface area contributed by atoms with Crippen LogP contribution < -0.4 is 0 Å². The molecule has 2 rings (SSSR count). The first-order valence-electron chi connectivity index (χ1n) is 6.92. The van der Waals surface area contributed by atoms with Crippen LogP contribution in [0.5, 0.6) is 0 Å². The highest BCUT2D eigenvalue weighted by atomic mass is 32.3. The summed E-state index contributed by atoms with van der Waals surface area (Å²) in [6.07, 6.45) is -5.42. The Morgan fingerprint density at radius 2 is 1.70 bits per heavy atom. The van der Waals surface area contributed by atoms with E-state index in [0.29, 0.717) is 12.3 Å². The standard InChI is InChI=1S/C13H17F5.FHO3S/c1-12(2)8-3-4-9(12)7(5-8)6-10(11(14)15)13(16,17)18;1-5(2,3)4/h7-9H,3-6H2,1-2H3;(H,2,3,4). The van der Waals surface area contributed by atoms with Crippen molar-refractivity contribution in [1.82, 2.24) is 0 Å². The van der Waals surface area contributed by atoms with Crippen LogP contribution in [-0.4, -0.2) is 19.1 Å². The molecule has 3 nitrogen and oxygen atoms in total. The van der Waals surface area contributed by atoms with Gasteiger partial charge in [-0.2, -0.15) is 30.4 Å². The predicted molar refractivity (Wildman–Crippen MR) is 70.7 cm³/mol. The van der Waals surface area contributed by atoms with E-state index in [2.05, 4.69) is 13.8 Å². The fraction of sp³-hybridized carbons (Fsp3) is 0.846. The lowest BCUT2D eigenvalue weighted by atomic mass is 9.78. The molecule has 2 aliphatic carbocycles. The Bertz CT molecular complexity index is 555. The molecule has 136 valence electrons. The van der Waals surface area contributed by atoms with E-state index in [-0.39, 0.29) is 17.3 Å². The lowest BCUT2D eigenvalue weighted by Gasteiger charge is -2.27. The summed E-state index contributed by atoms with van der Waals surface area (Å²) in [5.74, 6) is 0.306. The Labute approximate surface area is 130 Å². The lowest BCUT2D eigenvalue weighted by Crippen LogP contribution is -2.22. The highest BCUT2D eigenvalue weighted by Crippen LogP contribution is 2.62. The zero-order valence-corrected chi connectivity index (χ0v) is 13.3. The summed E-state index contributed by atoms with van der Waals surface area (Å²) in [6, 6.07) is 0. The van der Waals surface area contributed by atoms with Crippen molar-refractivity contribution in [3.8, 4) is 0 Å². The van der Waals surface area contributed by atoms with Crippen LogP contribution in [-0.2, 0) is 10.5 Å². The minimum absolute atomic E-state index is 0.00810. The average Bonchev–Trinajstić information content (AvgIpc) is 2.70. The topological polar surface area (TPSA) is 54.4 Å². The molecule has 23 heavy (non-hydrogen) atoms. The second-order valence-corrected chi connectivity index (χ2v) is 7.38. The monoisotopic (exact) mass is 368 g/mol. The number of allylic oxidation sites excluding steroid dienone is 1. The van der Waals surface area contributed by atoms with Gasteiger partial charge in [-0.05, 0) is 48.9 Å². The van der Waals surface area contributed by atoms with Crippen molar-refractivity contribution in [2.24, 2.45) is 23.2 Å². The van der Waals surface area contributed by atoms with Crippen molar-refractivity contribution in [3.05, 3.63) is 11.7 Å². The van der Waals surface area contributed by atoms with Crippen molar-refractivity contribution in [2.75, 3.05) is 0 Å². The number of hydrogen-bond donors (Lipinski definition) is 1. The van der Waals surface area contributed by atoms with Gasteiger partial charge in [0.05, 0.1) is 5.57 Å². The highest BCUT2D eigenvalue weighted by Gasteiger charge is 2.54. The zero-order valence-electron chi connectivity index (χ0n) is 12.5. The number of hydrogen-bond acceptors (Lipinski definition) is 2. The fourth-order valence-corrected chi connectivity index (χ4v) is 4.01. The first-order valence-corrected chi connectivity index (χ1v) is 8.26. The largest absolute Gasteiger partial charge is 0.435 e. The van der Waals surface area contributed by atoms with Crippen molar-refractivity contribution >= 4 is 10.5 Å². The van der Waals surface area contributed by atoms with Gasteiger partial charge in [-0.25, -0.2) is 0 Å². The van der Waals surface area contributed by atoms with E-state index in [0.717, 1.165) is 12.8 Å². The molecular formula is C13H18F6O3S. The predicted octanol–water partition coefficient (Wildman–Crippen LogP) is 4.92. The Morgan fingerprint density at radius 1 is 1.22 bits per heavy atom. The van der Waals surface area contributed by atoms with E-state index < -0.39 is 34.8 Å². The van der Waals surface area contributed by atoms with Crippen LogP contribution in [0.1, 0.15) is 39.5 Å². The third-order valence-corrected chi connectivity index (χ3v) is 5.03. The molecule has 0 spiro atoms. The molecule has 10 heteroatoms. The quantitative estimate of drug-likeness (QED) is 0.428. The van der Waals surface area contributed by atoms with Crippen molar-refractivity contribution in [2.45, 2.75) is 45.7 Å². The van der Waals surface area contributed by atoms with Gasteiger partial charge in [0.15, 0.2) is 0 Å². The van der Waals surface area contributed by atoms with Crippen molar-refractivity contribution < 1.29 is 38.8 Å². The summed E-state index contributed by atoms with van der Waals surface area (Å²) in [7, 11) is -5.17.